The minimum absolute atomic E-state index is 0.0568. The molecule has 326 valence electrons. The van der Waals surface area contributed by atoms with Gasteiger partial charge < -0.3 is 18.7 Å². The number of thiophene rings is 1. The molecule has 0 atom stereocenters. The van der Waals surface area contributed by atoms with Crippen LogP contribution >= 0.6 is 11.3 Å². The van der Waals surface area contributed by atoms with Crippen LogP contribution in [-0.2, 0) is 16.2 Å². The highest BCUT2D eigenvalue weighted by atomic mass is 32.1. The lowest BCUT2D eigenvalue weighted by atomic mass is 9.58. The lowest BCUT2D eigenvalue weighted by Gasteiger charge is -2.41. The summed E-state index contributed by atoms with van der Waals surface area (Å²) in [7, 11) is 0.801. The van der Waals surface area contributed by atoms with Gasteiger partial charge in [0.15, 0.2) is 7.28 Å². The maximum absolute atomic E-state index is 7.04. The molecule has 67 heavy (non-hydrogen) atoms. The number of aryl methyl sites for hydroxylation is 1. The lowest BCUT2D eigenvalue weighted by molar-refractivity contribution is 0.332. The van der Waals surface area contributed by atoms with Crippen molar-refractivity contribution in [1.29, 1.82) is 0 Å². The van der Waals surface area contributed by atoms with Crippen molar-refractivity contribution in [2.24, 2.45) is 0 Å². The third kappa shape index (κ3) is 5.60. The highest BCUT2D eigenvalue weighted by Crippen LogP contribution is 2.50. The van der Waals surface area contributed by atoms with Gasteiger partial charge >= 0.3 is 0 Å². The summed E-state index contributed by atoms with van der Waals surface area (Å²) in [5.41, 5.74) is 20.2. The summed E-state index contributed by atoms with van der Waals surface area (Å²) in [4.78, 5) is 0. The Hall–Kier alpha value is -6.76. The molecule has 1 aliphatic carbocycles. The molecule has 0 amide bonds. The molecule has 12 aromatic rings. The van der Waals surface area contributed by atoms with Crippen LogP contribution in [0, 0.1) is 6.92 Å². The van der Waals surface area contributed by atoms with E-state index in [1.807, 2.05) is 11.3 Å². The first-order valence-corrected chi connectivity index (χ1v) is 24.8. The zero-order valence-corrected chi connectivity index (χ0v) is 40.2. The highest BCUT2D eigenvalue weighted by molar-refractivity contribution is 7.26. The van der Waals surface area contributed by atoms with E-state index in [0.717, 1.165) is 75.6 Å². The second-order valence-electron chi connectivity index (χ2n) is 22.1. The molecule has 0 bridgehead atoms. The van der Waals surface area contributed by atoms with Gasteiger partial charge in [-0.2, -0.15) is 0 Å². The van der Waals surface area contributed by atoms with Gasteiger partial charge in [0.25, 0.3) is 0 Å². The molecule has 1 aliphatic heterocycles. The quantitative estimate of drug-likeness (QED) is 0.180. The van der Waals surface area contributed by atoms with Crippen LogP contribution in [0.5, 0.6) is 0 Å². The number of aromatic nitrogens is 1. The molecule has 0 unspecified atom stereocenters. The smallest absolute Gasteiger partial charge is 0.198 e. The fourth-order valence-electron chi connectivity index (χ4n) is 12.1. The number of fused-ring (bicyclic) bond motifs is 15. The van der Waals surface area contributed by atoms with Gasteiger partial charge in [0, 0.05) is 80.6 Å². The van der Waals surface area contributed by atoms with Gasteiger partial charge in [-0.3, -0.25) is 0 Å². The molecule has 0 spiro atoms. The average Bonchev–Trinajstić information content (AvgIpc) is 4.05. The van der Waals surface area contributed by atoms with Gasteiger partial charge in [-0.05, 0) is 142 Å². The Balaban J connectivity index is 1.07. The van der Waals surface area contributed by atoms with Crippen molar-refractivity contribution in [3.05, 3.63) is 150 Å². The lowest BCUT2D eigenvalue weighted by Crippen LogP contribution is -2.37. The maximum atomic E-state index is 7.04. The van der Waals surface area contributed by atoms with Crippen LogP contribution in [0.15, 0.2) is 136 Å². The summed E-state index contributed by atoms with van der Waals surface area (Å²) in [5.74, 6) is 0. The molecule has 0 radical (unpaired) electrons. The van der Waals surface area contributed by atoms with Crippen LogP contribution in [0.2, 0.25) is 0 Å². The maximum Gasteiger partial charge on any atom is 0.198 e. The molecular weight excluding hydrogens is 836 g/mol. The van der Waals surface area contributed by atoms with E-state index >= 15 is 0 Å². The Morgan fingerprint density at radius 3 is 2.06 bits per heavy atom. The number of para-hydroxylation sites is 1. The van der Waals surface area contributed by atoms with Crippen LogP contribution in [0.4, 0.5) is 11.4 Å². The van der Waals surface area contributed by atoms with E-state index in [9.17, 15) is 0 Å². The Morgan fingerprint density at radius 1 is 0.597 bits per heavy atom. The van der Waals surface area contributed by atoms with E-state index in [-0.39, 0.29) is 16.2 Å². The predicted molar refractivity (Wildman–Crippen MR) is 289 cm³/mol. The molecule has 1 N–H and O–H groups in total. The summed E-state index contributed by atoms with van der Waals surface area (Å²) in [6.07, 6.45) is 2.32. The summed E-state index contributed by atoms with van der Waals surface area (Å²) >= 11 is 1.90. The van der Waals surface area contributed by atoms with Gasteiger partial charge in [-0.1, -0.05) is 109 Å². The normalized spacial score (nSPS) is 15.4. The van der Waals surface area contributed by atoms with Crippen molar-refractivity contribution in [1.82, 2.24) is 4.57 Å². The predicted octanol–water partition coefficient (Wildman–Crippen LogP) is 16.0. The van der Waals surface area contributed by atoms with Crippen molar-refractivity contribution < 1.29 is 8.83 Å². The Bertz CT molecular complexity index is 4150. The van der Waals surface area contributed by atoms with E-state index < -0.39 is 0 Å². The molecule has 14 rings (SSSR count). The summed E-state index contributed by atoms with van der Waals surface area (Å²) in [6, 6.07) is 48.0. The molecule has 4 nitrogen and oxygen atoms in total. The number of furan rings is 2. The molecule has 0 fully saturated rings. The number of benzene rings is 8. The first kappa shape index (κ1) is 39.4. The van der Waals surface area contributed by atoms with Gasteiger partial charge in [-0.15, -0.1) is 11.3 Å². The fraction of sp³-hybridized carbons (Fsp3) is 0.213. The molecule has 2 aliphatic rings. The first-order valence-electron chi connectivity index (χ1n) is 24.0. The SMILES string of the molecule is Cc1cc(-c2cc3oc4cc5c(cc4c3cc2Nc2ccc(C(C)(C)C)cc2)C(C)(C)CCC5(C)C)c2c3c1c1cc4oc5ccccc5c4cc1n3-c1cc3c(cc1B2)sc1ccccc13. The van der Waals surface area contributed by atoms with Crippen molar-refractivity contribution >= 4 is 127 Å². The highest BCUT2D eigenvalue weighted by Gasteiger charge is 2.38. The second-order valence-corrected chi connectivity index (χ2v) is 23.2. The number of rotatable bonds is 3. The van der Waals surface area contributed by atoms with Crippen molar-refractivity contribution in [3.63, 3.8) is 0 Å². The molecule has 4 aromatic heterocycles. The van der Waals surface area contributed by atoms with E-state index in [2.05, 4.69) is 193 Å². The van der Waals surface area contributed by atoms with E-state index in [1.54, 1.807) is 0 Å². The van der Waals surface area contributed by atoms with E-state index in [4.69, 9.17) is 8.83 Å². The van der Waals surface area contributed by atoms with Crippen LogP contribution in [0.3, 0.4) is 0 Å². The topological polar surface area (TPSA) is 43.2 Å². The number of hydrogen-bond acceptors (Lipinski definition) is 4. The van der Waals surface area contributed by atoms with Gasteiger partial charge in [0.2, 0.25) is 0 Å². The number of nitrogens with one attached hydrogen (secondary N) is 1. The largest absolute Gasteiger partial charge is 0.456 e. The van der Waals surface area contributed by atoms with Crippen LogP contribution < -0.4 is 16.2 Å². The Kier molecular flexibility index (Phi) is 7.78. The number of nitrogens with zero attached hydrogens (tertiary/aromatic N) is 1. The van der Waals surface area contributed by atoms with Crippen molar-refractivity contribution in [2.75, 3.05) is 5.32 Å². The monoisotopic (exact) mass is 886 g/mol. The third-order valence-electron chi connectivity index (χ3n) is 15.9. The van der Waals surface area contributed by atoms with E-state index in [0.29, 0.717) is 0 Å². The zero-order valence-electron chi connectivity index (χ0n) is 39.4. The van der Waals surface area contributed by atoms with Crippen LogP contribution in [0.25, 0.3) is 103 Å². The molecule has 0 saturated carbocycles. The van der Waals surface area contributed by atoms with Crippen molar-refractivity contribution in [3.8, 4) is 16.8 Å². The molecule has 8 aromatic carbocycles. The minimum Gasteiger partial charge on any atom is -0.456 e. The third-order valence-corrected chi connectivity index (χ3v) is 17.1. The summed E-state index contributed by atoms with van der Waals surface area (Å²) < 4.78 is 18.9. The minimum atomic E-state index is 0.0568. The number of anilines is 2. The van der Waals surface area contributed by atoms with Crippen LogP contribution in [0.1, 0.15) is 83.6 Å². The molecular formula is C61H51BN2O2S. The molecule has 6 heteroatoms. The van der Waals surface area contributed by atoms with Gasteiger partial charge in [0.1, 0.15) is 22.3 Å². The number of hydrogen-bond donors (Lipinski definition) is 1. The van der Waals surface area contributed by atoms with Crippen LogP contribution in [-0.4, -0.2) is 11.8 Å². The molecule has 5 heterocycles. The second kappa shape index (κ2) is 13.2. The Labute approximate surface area is 394 Å². The standard InChI is InChI=1S/C61H51BN2O2S/c1-32-23-42(37-28-51-39(25-47(37)63-34-19-17-33(18-20-34)59(2,3)4)38-24-44-45(30-53(38)66-51)61(7,8)22-21-60(44,5)6)57-58-56(32)43-29-52-40(35-13-9-11-15-50(35)65-52)26-48(43)64(58)49-27-41-36-14-10-12-16-54(36)67-55(41)31-46(49)62-57/h9-20,23-31,62-63H,21-22H2,1-8H3. The van der Waals surface area contributed by atoms with E-state index in [1.165, 1.54) is 91.8 Å². The summed E-state index contributed by atoms with van der Waals surface area (Å²) in [6.45, 7) is 18.7. The Morgan fingerprint density at radius 2 is 1.27 bits per heavy atom. The first-order chi connectivity index (χ1) is 32.2. The average molecular weight is 887 g/mol. The zero-order chi connectivity index (χ0) is 45.5. The van der Waals surface area contributed by atoms with Gasteiger partial charge in [0.05, 0.1) is 5.52 Å². The fourth-order valence-corrected chi connectivity index (χ4v) is 13.3. The van der Waals surface area contributed by atoms with Crippen molar-refractivity contribution in [2.45, 2.75) is 84.5 Å². The van der Waals surface area contributed by atoms with Gasteiger partial charge in [-0.25, -0.2) is 0 Å². The molecule has 0 saturated heterocycles. The summed E-state index contributed by atoms with van der Waals surface area (Å²) in [5, 5.41) is 13.7.